The normalized spacial score (nSPS) is 13.5. The van der Waals surface area contributed by atoms with E-state index in [-0.39, 0.29) is 30.3 Å². The van der Waals surface area contributed by atoms with Crippen molar-refractivity contribution in [3.8, 4) is 0 Å². The number of nitrogens with one attached hydrogen (secondary N) is 1. The molecule has 4 heteroatoms. The summed E-state index contributed by atoms with van der Waals surface area (Å²) in [6, 6.07) is 10.4. The highest BCUT2D eigenvalue weighted by Crippen LogP contribution is 2.28. The maximum Gasteiger partial charge on any atom is 0.226 e. The first-order chi connectivity index (χ1) is 8.99. The molecular formula is C16H27ClN2O. The van der Waals surface area contributed by atoms with E-state index < -0.39 is 0 Å². The molecule has 1 aromatic rings. The molecule has 2 unspecified atom stereocenters. The number of nitrogens with zero attached hydrogens (tertiary/aromatic N) is 1. The average Bonchev–Trinajstić information content (AvgIpc) is 2.39. The zero-order valence-electron chi connectivity index (χ0n) is 13.1. The maximum atomic E-state index is 12.4. The molecule has 1 N–H and O–H groups in total. The molecule has 0 saturated carbocycles. The Hall–Kier alpha value is -1.06. The number of hydrogen-bond donors (Lipinski definition) is 1. The predicted octanol–water partition coefficient (Wildman–Crippen LogP) is 3.12. The quantitative estimate of drug-likeness (QED) is 0.875. The minimum Gasteiger partial charge on any atom is -0.338 e. The van der Waals surface area contributed by atoms with Gasteiger partial charge >= 0.3 is 0 Å². The minimum atomic E-state index is -0.0000350. The molecular weight excluding hydrogens is 272 g/mol. The van der Waals surface area contributed by atoms with Crippen molar-refractivity contribution in [1.29, 1.82) is 0 Å². The number of benzene rings is 1. The lowest BCUT2D eigenvalue weighted by molar-refractivity contribution is -0.136. The van der Waals surface area contributed by atoms with E-state index in [1.54, 1.807) is 0 Å². The summed E-state index contributed by atoms with van der Waals surface area (Å²) in [6.07, 6.45) is 0. The largest absolute Gasteiger partial charge is 0.338 e. The molecule has 0 saturated heterocycles. The van der Waals surface area contributed by atoms with E-state index in [4.69, 9.17) is 0 Å². The van der Waals surface area contributed by atoms with Gasteiger partial charge in [0, 0.05) is 19.5 Å². The molecule has 0 aliphatic carbocycles. The Bertz CT molecular complexity index is 395. The Kier molecular flexibility index (Phi) is 8.51. The molecule has 0 bridgehead atoms. The first-order valence-electron chi connectivity index (χ1n) is 6.95. The lowest BCUT2D eigenvalue weighted by atomic mass is 9.93. The van der Waals surface area contributed by atoms with Gasteiger partial charge in [-0.3, -0.25) is 4.79 Å². The molecule has 0 aromatic heterocycles. The van der Waals surface area contributed by atoms with Crippen molar-refractivity contribution in [2.24, 2.45) is 11.8 Å². The van der Waals surface area contributed by atoms with E-state index >= 15 is 0 Å². The zero-order chi connectivity index (χ0) is 14.4. The molecule has 3 nitrogen and oxygen atoms in total. The summed E-state index contributed by atoms with van der Waals surface area (Å²) < 4.78 is 0. The van der Waals surface area contributed by atoms with E-state index in [2.05, 4.69) is 31.3 Å². The Balaban J connectivity index is 0.00000361. The Morgan fingerprint density at radius 3 is 2.20 bits per heavy atom. The van der Waals surface area contributed by atoms with Crippen LogP contribution in [0.4, 0.5) is 0 Å². The number of halogens is 1. The summed E-state index contributed by atoms with van der Waals surface area (Å²) >= 11 is 0. The van der Waals surface area contributed by atoms with Crippen LogP contribution in [0.2, 0.25) is 0 Å². The number of carbonyl (C=O) groups excluding carboxylic acids is 1. The fourth-order valence-corrected chi connectivity index (χ4v) is 2.58. The van der Waals surface area contributed by atoms with Crippen LogP contribution in [-0.2, 0) is 4.79 Å². The second-order valence-corrected chi connectivity index (χ2v) is 5.51. The second kappa shape index (κ2) is 8.98. The number of amides is 1. The van der Waals surface area contributed by atoms with Crippen LogP contribution >= 0.6 is 12.4 Å². The van der Waals surface area contributed by atoms with Crippen molar-refractivity contribution >= 4 is 18.3 Å². The van der Waals surface area contributed by atoms with Gasteiger partial charge in [-0.15, -0.1) is 12.4 Å². The smallest absolute Gasteiger partial charge is 0.226 e. The fraction of sp³-hybridized carbons (Fsp3) is 0.562. The van der Waals surface area contributed by atoms with E-state index in [0.717, 1.165) is 0 Å². The molecule has 0 fully saturated rings. The summed E-state index contributed by atoms with van der Waals surface area (Å²) in [6.45, 7) is 6.99. The monoisotopic (exact) mass is 298 g/mol. The second-order valence-electron chi connectivity index (χ2n) is 5.51. The first-order valence-corrected chi connectivity index (χ1v) is 6.95. The molecule has 1 rings (SSSR count). The van der Waals surface area contributed by atoms with Gasteiger partial charge in [0.25, 0.3) is 0 Å². The van der Waals surface area contributed by atoms with Crippen molar-refractivity contribution in [3.05, 3.63) is 35.9 Å². The van der Waals surface area contributed by atoms with Crippen molar-refractivity contribution in [1.82, 2.24) is 10.2 Å². The highest BCUT2D eigenvalue weighted by atomic mass is 35.5. The highest BCUT2D eigenvalue weighted by Gasteiger charge is 2.27. The lowest BCUT2D eigenvalue weighted by Gasteiger charge is -2.33. The van der Waals surface area contributed by atoms with E-state index in [1.165, 1.54) is 5.56 Å². The maximum absolute atomic E-state index is 12.4. The van der Waals surface area contributed by atoms with E-state index in [9.17, 15) is 4.79 Å². The molecule has 0 radical (unpaired) electrons. The third kappa shape index (κ3) is 4.80. The third-order valence-electron chi connectivity index (χ3n) is 3.47. The van der Waals surface area contributed by atoms with Crippen LogP contribution in [0, 0.1) is 11.8 Å². The van der Waals surface area contributed by atoms with Gasteiger partial charge in [0.1, 0.15) is 0 Å². The molecule has 0 spiro atoms. The van der Waals surface area contributed by atoms with Crippen LogP contribution in [0.25, 0.3) is 0 Å². The topological polar surface area (TPSA) is 32.3 Å². The summed E-state index contributed by atoms with van der Waals surface area (Å²) in [5, 5.41) is 3.06. The van der Waals surface area contributed by atoms with Crippen molar-refractivity contribution in [2.45, 2.75) is 26.8 Å². The summed E-state index contributed by atoms with van der Waals surface area (Å²) in [5.74, 6) is 0.579. The minimum absolute atomic E-state index is 0. The number of carbonyl (C=O) groups is 1. The number of hydrogen-bond acceptors (Lipinski definition) is 2. The molecule has 2 atom stereocenters. The first kappa shape index (κ1) is 18.9. The lowest BCUT2D eigenvalue weighted by Crippen LogP contribution is -2.40. The van der Waals surface area contributed by atoms with Crippen LogP contribution < -0.4 is 5.32 Å². The van der Waals surface area contributed by atoms with Crippen LogP contribution in [0.3, 0.4) is 0 Å². The summed E-state index contributed by atoms with van der Waals surface area (Å²) in [7, 11) is 3.78. The molecule has 1 aromatic carbocycles. The Morgan fingerprint density at radius 1 is 1.20 bits per heavy atom. The summed E-state index contributed by atoms with van der Waals surface area (Å²) in [5.41, 5.74) is 1.20. The van der Waals surface area contributed by atoms with E-state index in [1.807, 2.05) is 44.1 Å². The zero-order valence-corrected chi connectivity index (χ0v) is 13.9. The van der Waals surface area contributed by atoms with Crippen molar-refractivity contribution < 1.29 is 4.79 Å². The van der Waals surface area contributed by atoms with Crippen LogP contribution in [-0.4, -0.2) is 31.4 Å². The van der Waals surface area contributed by atoms with Gasteiger partial charge in [-0.2, -0.15) is 0 Å². The average molecular weight is 299 g/mol. The summed E-state index contributed by atoms with van der Waals surface area (Å²) in [4.78, 5) is 14.3. The van der Waals surface area contributed by atoms with Gasteiger partial charge in [0.2, 0.25) is 5.91 Å². The Morgan fingerprint density at radius 2 is 1.75 bits per heavy atom. The molecule has 0 aliphatic rings. The SMILES string of the molecule is CNCC(C)C(=O)N(C)C(c1ccccc1)C(C)C.Cl. The van der Waals surface area contributed by atoms with Crippen LogP contribution in [0.1, 0.15) is 32.4 Å². The van der Waals surface area contributed by atoms with Crippen molar-refractivity contribution in [3.63, 3.8) is 0 Å². The third-order valence-corrected chi connectivity index (χ3v) is 3.47. The van der Waals surface area contributed by atoms with Gasteiger partial charge < -0.3 is 10.2 Å². The number of rotatable bonds is 6. The van der Waals surface area contributed by atoms with Gasteiger partial charge in [0.05, 0.1) is 6.04 Å². The molecule has 0 aliphatic heterocycles. The molecule has 0 heterocycles. The highest BCUT2D eigenvalue weighted by molar-refractivity contribution is 5.85. The van der Waals surface area contributed by atoms with Crippen LogP contribution in [0.15, 0.2) is 30.3 Å². The van der Waals surface area contributed by atoms with Crippen LogP contribution in [0.5, 0.6) is 0 Å². The van der Waals surface area contributed by atoms with Gasteiger partial charge in [-0.1, -0.05) is 51.1 Å². The van der Waals surface area contributed by atoms with Gasteiger partial charge in [-0.25, -0.2) is 0 Å². The fourth-order valence-electron chi connectivity index (χ4n) is 2.58. The molecule has 1 amide bonds. The van der Waals surface area contributed by atoms with Crippen molar-refractivity contribution in [2.75, 3.05) is 20.6 Å². The van der Waals surface area contributed by atoms with Gasteiger partial charge in [0.15, 0.2) is 0 Å². The predicted molar refractivity (Wildman–Crippen MR) is 87.1 cm³/mol. The standard InChI is InChI=1S/C16H26N2O.ClH/c1-12(2)15(14-9-7-6-8-10-14)18(5)16(19)13(3)11-17-4;/h6-10,12-13,15,17H,11H2,1-5H3;1H. The molecule has 20 heavy (non-hydrogen) atoms. The van der Waals surface area contributed by atoms with E-state index in [0.29, 0.717) is 12.5 Å². The molecule has 114 valence electrons. The Labute approximate surface area is 129 Å². The van der Waals surface area contributed by atoms with Gasteiger partial charge in [-0.05, 0) is 18.5 Å².